The Morgan fingerprint density at radius 3 is 2.53 bits per heavy atom. The monoisotopic (exact) mass is 283 g/mol. The van der Waals surface area contributed by atoms with Gasteiger partial charge in [-0.25, -0.2) is 4.79 Å². The highest BCUT2D eigenvalue weighted by Crippen LogP contribution is 2.28. The highest BCUT2D eigenvalue weighted by atomic mass is 35.5. The number of amides is 1. The third kappa shape index (κ3) is 3.30. The van der Waals surface area contributed by atoms with Crippen molar-refractivity contribution in [2.75, 3.05) is 37.6 Å². The van der Waals surface area contributed by atoms with Crippen LogP contribution in [0.4, 0.5) is 10.5 Å². The van der Waals surface area contributed by atoms with E-state index in [1.807, 2.05) is 18.2 Å². The molecule has 19 heavy (non-hydrogen) atoms. The summed E-state index contributed by atoms with van der Waals surface area (Å²) < 4.78 is 0. The maximum atomic E-state index is 10.9. The number of carboxylic acid groups (broad SMARTS) is 1. The van der Waals surface area contributed by atoms with Crippen molar-refractivity contribution >= 4 is 23.4 Å². The molecule has 1 aromatic carbocycles. The molecule has 0 unspecified atom stereocenters. The van der Waals surface area contributed by atoms with Gasteiger partial charge in [-0.15, -0.1) is 0 Å². The average molecular weight is 284 g/mol. The van der Waals surface area contributed by atoms with E-state index in [9.17, 15) is 4.79 Å². The Balaban J connectivity index is 2.05. The van der Waals surface area contributed by atoms with E-state index in [0.717, 1.165) is 17.7 Å². The SMILES string of the molecule is NCCc1ccc(N2CCN(C(=O)O)CC2)c(Cl)c1. The lowest BCUT2D eigenvalue weighted by atomic mass is 10.1. The minimum absolute atomic E-state index is 0.510. The fourth-order valence-electron chi connectivity index (χ4n) is 2.27. The van der Waals surface area contributed by atoms with Crippen LogP contribution in [0.15, 0.2) is 18.2 Å². The molecular formula is C13H18ClN3O2. The number of benzene rings is 1. The van der Waals surface area contributed by atoms with Gasteiger partial charge in [0.1, 0.15) is 0 Å². The molecule has 2 rings (SSSR count). The van der Waals surface area contributed by atoms with Crippen molar-refractivity contribution in [3.05, 3.63) is 28.8 Å². The van der Waals surface area contributed by atoms with Crippen LogP contribution in [0.25, 0.3) is 0 Å². The van der Waals surface area contributed by atoms with Gasteiger partial charge in [0.15, 0.2) is 0 Å². The van der Waals surface area contributed by atoms with Crippen LogP contribution in [0.3, 0.4) is 0 Å². The summed E-state index contributed by atoms with van der Waals surface area (Å²) in [7, 11) is 0. The lowest BCUT2D eigenvalue weighted by Gasteiger charge is -2.35. The lowest BCUT2D eigenvalue weighted by Crippen LogP contribution is -2.48. The predicted molar refractivity (Wildman–Crippen MR) is 76.0 cm³/mol. The van der Waals surface area contributed by atoms with Crippen LogP contribution in [0.2, 0.25) is 5.02 Å². The molecule has 5 nitrogen and oxygen atoms in total. The first-order valence-electron chi connectivity index (χ1n) is 6.33. The molecule has 1 heterocycles. The van der Waals surface area contributed by atoms with Crippen LogP contribution >= 0.6 is 11.6 Å². The van der Waals surface area contributed by atoms with Crippen molar-refractivity contribution < 1.29 is 9.90 Å². The Kier molecular flexibility index (Phi) is 4.50. The van der Waals surface area contributed by atoms with E-state index < -0.39 is 6.09 Å². The topological polar surface area (TPSA) is 69.8 Å². The molecule has 1 amide bonds. The predicted octanol–water partition coefficient (Wildman–Crippen LogP) is 1.64. The van der Waals surface area contributed by atoms with E-state index in [2.05, 4.69) is 4.90 Å². The summed E-state index contributed by atoms with van der Waals surface area (Å²) in [6.45, 7) is 2.96. The van der Waals surface area contributed by atoms with Gasteiger partial charge in [-0.1, -0.05) is 17.7 Å². The van der Waals surface area contributed by atoms with Crippen molar-refractivity contribution in [3.8, 4) is 0 Å². The fraction of sp³-hybridized carbons (Fsp3) is 0.462. The molecule has 0 saturated carbocycles. The Bertz CT molecular complexity index is 459. The van der Waals surface area contributed by atoms with E-state index >= 15 is 0 Å². The largest absolute Gasteiger partial charge is 0.465 e. The van der Waals surface area contributed by atoms with Crippen molar-refractivity contribution in [2.45, 2.75) is 6.42 Å². The van der Waals surface area contributed by atoms with Crippen LogP contribution in [-0.4, -0.2) is 48.8 Å². The summed E-state index contributed by atoms with van der Waals surface area (Å²) in [6.07, 6.45) is -0.0451. The van der Waals surface area contributed by atoms with Crippen molar-refractivity contribution in [1.29, 1.82) is 0 Å². The summed E-state index contributed by atoms with van der Waals surface area (Å²) >= 11 is 6.28. The zero-order valence-corrected chi connectivity index (χ0v) is 11.4. The first kappa shape index (κ1) is 14.0. The van der Waals surface area contributed by atoms with Gasteiger partial charge >= 0.3 is 6.09 Å². The molecule has 0 aromatic heterocycles. The molecule has 0 bridgehead atoms. The molecule has 1 aromatic rings. The van der Waals surface area contributed by atoms with E-state index in [1.165, 1.54) is 4.90 Å². The molecule has 0 radical (unpaired) electrons. The normalized spacial score (nSPS) is 15.7. The minimum atomic E-state index is -0.857. The van der Waals surface area contributed by atoms with Gasteiger partial charge in [-0.2, -0.15) is 0 Å². The van der Waals surface area contributed by atoms with Crippen molar-refractivity contribution in [2.24, 2.45) is 5.73 Å². The summed E-state index contributed by atoms with van der Waals surface area (Å²) in [4.78, 5) is 14.4. The third-order valence-corrected chi connectivity index (χ3v) is 3.64. The maximum Gasteiger partial charge on any atom is 0.407 e. The molecule has 1 fully saturated rings. The number of nitrogens with zero attached hydrogens (tertiary/aromatic N) is 2. The molecule has 104 valence electrons. The number of hydrogen-bond donors (Lipinski definition) is 2. The van der Waals surface area contributed by atoms with Gasteiger partial charge in [0, 0.05) is 26.2 Å². The van der Waals surface area contributed by atoms with Gasteiger partial charge in [-0.3, -0.25) is 0 Å². The fourth-order valence-corrected chi connectivity index (χ4v) is 2.59. The summed E-state index contributed by atoms with van der Waals surface area (Å²) in [5.74, 6) is 0. The number of nitrogens with two attached hydrogens (primary N) is 1. The second-order valence-electron chi connectivity index (χ2n) is 4.58. The highest BCUT2D eigenvalue weighted by Gasteiger charge is 2.21. The Morgan fingerprint density at radius 2 is 2.00 bits per heavy atom. The van der Waals surface area contributed by atoms with Crippen LogP contribution in [0, 0.1) is 0 Å². The number of halogens is 1. The molecule has 1 aliphatic rings. The number of hydrogen-bond acceptors (Lipinski definition) is 3. The van der Waals surface area contributed by atoms with Gasteiger partial charge in [0.2, 0.25) is 0 Å². The quantitative estimate of drug-likeness (QED) is 0.885. The lowest BCUT2D eigenvalue weighted by molar-refractivity contribution is 0.142. The van der Waals surface area contributed by atoms with Gasteiger partial charge in [-0.05, 0) is 30.7 Å². The minimum Gasteiger partial charge on any atom is -0.465 e. The molecule has 3 N–H and O–H groups in total. The zero-order valence-electron chi connectivity index (χ0n) is 10.7. The third-order valence-electron chi connectivity index (χ3n) is 3.34. The highest BCUT2D eigenvalue weighted by molar-refractivity contribution is 6.33. The first-order valence-corrected chi connectivity index (χ1v) is 6.71. The average Bonchev–Trinajstić information content (AvgIpc) is 2.39. The molecule has 0 spiro atoms. The molecular weight excluding hydrogens is 266 g/mol. The van der Waals surface area contributed by atoms with E-state index in [-0.39, 0.29) is 0 Å². The molecule has 1 saturated heterocycles. The number of rotatable bonds is 3. The van der Waals surface area contributed by atoms with Crippen LogP contribution in [0.1, 0.15) is 5.56 Å². The van der Waals surface area contributed by atoms with Gasteiger partial charge in [0.25, 0.3) is 0 Å². The summed E-state index contributed by atoms with van der Waals surface area (Å²) in [5.41, 5.74) is 7.61. The second kappa shape index (κ2) is 6.12. The van der Waals surface area contributed by atoms with Crippen LogP contribution in [-0.2, 0) is 6.42 Å². The van der Waals surface area contributed by atoms with Crippen LogP contribution in [0.5, 0.6) is 0 Å². The van der Waals surface area contributed by atoms with E-state index in [0.29, 0.717) is 37.7 Å². The van der Waals surface area contributed by atoms with Gasteiger partial charge in [0.05, 0.1) is 10.7 Å². The summed E-state index contributed by atoms with van der Waals surface area (Å²) in [6, 6.07) is 5.95. The Morgan fingerprint density at radius 1 is 1.32 bits per heavy atom. The van der Waals surface area contributed by atoms with Crippen LogP contribution < -0.4 is 10.6 Å². The maximum absolute atomic E-state index is 10.9. The molecule has 1 aliphatic heterocycles. The number of anilines is 1. The van der Waals surface area contributed by atoms with E-state index in [4.69, 9.17) is 22.4 Å². The standard InChI is InChI=1S/C13H18ClN3O2/c14-11-9-10(3-4-15)1-2-12(11)16-5-7-17(8-6-16)13(18)19/h1-2,9H,3-8,15H2,(H,18,19). The first-order chi connectivity index (χ1) is 9.11. The Labute approximate surface area is 117 Å². The number of carbonyl (C=O) groups is 1. The van der Waals surface area contributed by atoms with Crippen molar-refractivity contribution in [3.63, 3.8) is 0 Å². The van der Waals surface area contributed by atoms with E-state index in [1.54, 1.807) is 0 Å². The zero-order chi connectivity index (χ0) is 13.8. The smallest absolute Gasteiger partial charge is 0.407 e. The van der Waals surface area contributed by atoms with Crippen molar-refractivity contribution in [1.82, 2.24) is 4.90 Å². The molecule has 0 aliphatic carbocycles. The second-order valence-corrected chi connectivity index (χ2v) is 4.99. The molecule has 0 atom stereocenters. The van der Waals surface area contributed by atoms with Gasteiger partial charge < -0.3 is 20.6 Å². The summed E-state index contributed by atoms with van der Waals surface area (Å²) in [5, 5.41) is 9.62. The number of piperazine rings is 1. The molecule has 6 heteroatoms. The Hall–Kier alpha value is -1.46.